The fourth-order valence-electron chi connectivity index (χ4n) is 4.79. The van der Waals surface area contributed by atoms with E-state index >= 15 is 8.78 Å². The minimum Gasteiger partial charge on any atom is -0.491 e. The minimum absolute atomic E-state index is 0.114. The zero-order valence-corrected chi connectivity index (χ0v) is 24.6. The molecule has 0 fully saturated rings. The maximum absolute atomic E-state index is 16.0. The summed E-state index contributed by atoms with van der Waals surface area (Å²) in [5.74, 6) is -2.17. The summed E-state index contributed by atoms with van der Waals surface area (Å²) in [6, 6.07) is 16.7. The average molecular weight is 567 g/mol. The number of halogens is 2. The Balaban J connectivity index is 1.73. The van der Waals surface area contributed by atoms with Crippen LogP contribution in [0.3, 0.4) is 0 Å². The van der Waals surface area contributed by atoms with Gasteiger partial charge in [-0.05, 0) is 47.7 Å². The van der Waals surface area contributed by atoms with Crippen LogP contribution in [0.25, 0.3) is 22.3 Å². The quantitative estimate of drug-likeness (QED) is 0.0822. The molecule has 0 aliphatic rings. The van der Waals surface area contributed by atoms with Gasteiger partial charge < -0.3 is 4.74 Å². The molecule has 0 saturated heterocycles. The van der Waals surface area contributed by atoms with E-state index in [0.717, 1.165) is 44.1 Å². The van der Waals surface area contributed by atoms with Crippen molar-refractivity contribution in [3.63, 3.8) is 0 Å². The maximum Gasteiger partial charge on any atom is 0.376 e. The van der Waals surface area contributed by atoms with Crippen LogP contribution in [0.2, 0.25) is 0 Å². The second-order valence-corrected chi connectivity index (χ2v) is 10.4. The first-order valence-corrected chi connectivity index (χ1v) is 15.2. The topological polar surface area (TPSA) is 44.8 Å². The molecule has 6 heteroatoms. The fourth-order valence-corrected chi connectivity index (χ4v) is 4.79. The van der Waals surface area contributed by atoms with Gasteiger partial charge in [0.25, 0.3) is 0 Å². The lowest BCUT2D eigenvalue weighted by Gasteiger charge is -2.15. The Hall–Kier alpha value is -3.25. The van der Waals surface area contributed by atoms with E-state index in [4.69, 9.17) is 14.5 Å². The van der Waals surface area contributed by atoms with Crippen molar-refractivity contribution in [1.29, 1.82) is 0 Å². The fraction of sp³-hybridized carbons (Fsp3) is 0.457. The number of hydrogen-bond acceptors (Lipinski definition) is 4. The monoisotopic (exact) mass is 566 g/mol. The molecule has 222 valence electrons. The highest BCUT2D eigenvalue weighted by Gasteiger charge is 2.23. The molecule has 0 bridgehead atoms. The summed E-state index contributed by atoms with van der Waals surface area (Å²) in [4.78, 5) is 22.8. The molecule has 0 aromatic heterocycles. The lowest BCUT2D eigenvalue weighted by molar-refractivity contribution is -0.241. The number of unbranched alkanes of at least 4 members (excludes halogenated alkanes) is 10. The molecule has 0 spiro atoms. The van der Waals surface area contributed by atoms with Gasteiger partial charge in [0.2, 0.25) is 0 Å². The predicted octanol–water partition coefficient (Wildman–Crippen LogP) is 10.5. The predicted molar refractivity (Wildman–Crippen MR) is 161 cm³/mol. The van der Waals surface area contributed by atoms with Crippen molar-refractivity contribution in [3.05, 3.63) is 77.9 Å². The Kier molecular flexibility index (Phi) is 14.4. The SMILES string of the molecule is CCCCCCCCOOC(=O)c1ccc(-c2ccccc2)c(-c2ccc(OCCCCCCCC)c(F)c2)c1F. The molecule has 0 radical (unpaired) electrons. The number of rotatable bonds is 19. The van der Waals surface area contributed by atoms with Gasteiger partial charge in [-0.15, -0.1) is 0 Å². The molecule has 0 heterocycles. The maximum atomic E-state index is 16.0. The van der Waals surface area contributed by atoms with Gasteiger partial charge in [-0.3, -0.25) is 4.89 Å². The van der Waals surface area contributed by atoms with E-state index in [-0.39, 0.29) is 23.5 Å². The van der Waals surface area contributed by atoms with Gasteiger partial charge >= 0.3 is 5.97 Å². The van der Waals surface area contributed by atoms with Crippen molar-refractivity contribution in [2.75, 3.05) is 13.2 Å². The summed E-state index contributed by atoms with van der Waals surface area (Å²) in [5, 5.41) is 0. The van der Waals surface area contributed by atoms with Crippen molar-refractivity contribution >= 4 is 5.97 Å². The second-order valence-electron chi connectivity index (χ2n) is 10.4. The molecule has 0 atom stereocenters. The van der Waals surface area contributed by atoms with E-state index in [1.165, 1.54) is 56.7 Å². The number of ether oxygens (including phenoxy) is 1. The number of carbonyl (C=O) groups excluding carboxylic acids is 1. The van der Waals surface area contributed by atoms with E-state index < -0.39 is 17.6 Å². The first kappa shape index (κ1) is 32.3. The van der Waals surface area contributed by atoms with Crippen LogP contribution in [0.4, 0.5) is 8.78 Å². The lowest BCUT2D eigenvalue weighted by Crippen LogP contribution is -2.10. The van der Waals surface area contributed by atoms with Gasteiger partial charge in [0.15, 0.2) is 11.6 Å². The Labute approximate surface area is 244 Å². The molecular weight excluding hydrogens is 522 g/mol. The van der Waals surface area contributed by atoms with Gasteiger partial charge in [0.05, 0.1) is 18.8 Å². The summed E-state index contributed by atoms with van der Waals surface area (Å²) in [6.07, 6.45) is 13.0. The molecule has 0 aliphatic heterocycles. The van der Waals surface area contributed by atoms with Gasteiger partial charge in [-0.1, -0.05) is 121 Å². The summed E-state index contributed by atoms with van der Waals surface area (Å²) in [6.45, 7) is 5.02. The van der Waals surface area contributed by atoms with Crippen molar-refractivity contribution in [2.45, 2.75) is 90.9 Å². The minimum atomic E-state index is -0.922. The molecule has 0 saturated carbocycles. The van der Waals surface area contributed by atoms with Gasteiger partial charge in [-0.25, -0.2) is 13.6 Å². The van der Waals surface area contributed by atoms with E-state index in [0.29, 0.717) is 17.7 Å². The number of carbonyl (C=O) groups is 1. The Bertz CT molecular complexity index is 1200. The molecular formula is C35H44F2O4. The zero-order chi connectivity index (χ0) is 29.3. The molecule has 3 aromatic rings. The van der Waals surface area contributed by atoms with Gasteiger partial charge in [0, 0.05) is 5.56 Å². The van der Waals surface area contributed by atoms with Gasteiger partial charge in [0.1, 0.15) is 5.82 Å². The molecule has 3 rings (SSSR count). The van der Waals surface area contributed by atoms with Crippen LogP contribution in [-0.2, 0) is 9.78 Å². The van der Waals surface area contributed by atoms with Crippen molar-refractivity contribution in [2.24, 2.45) is 0 Å². The van der Waals surface area contributed by atoms with Crippen molar-refractivity contribution < 1.29 is 28.1 Å². The highest BCUT2D eigenvalue weighted by atomic mass is 19.1. The lowest BCUT2D eigenvalue weighted by atomic mass is 9.92. The van der Waals surface area contributed by atoms with Crippen LogP contribution < -0.4 is 4.74 Å². The standard InChI is InChI=1S/C35H44F2O4/c1-3-5-7-9-11-16-24-39-32-23-20-28(26-31(32)36)33-29(27-18-14-13-15-19-27)21-22-30(34(33)37)35(38)41-40-25-17-12-10-8-6-4-2/h13-15,18-23,26H,3-12,16-17,24-25H2,1-2H3. The summed E-state index contributed by atoms with van der Waals surface area (Å²) in [5.41, 5.74) is 1.42. The van der Waals surface area contributed by atoms with E-state index in [2.05, 4.69) is 13.8 Å². The summed E-state index contributed by atoms with van der Waals surface area (Å²) in [7, 11) is 0. The first-order valence-electron chi connectivity index (χ1n) is 15.2. The van der Waals surface area contributed by atoms with Crippen LogP contribution in [0.5, 0.6) is 5.75 Å². The molecule has 0 aliphatic carbocycles. The third kappa shape index (κ3) is 10.3. The summed E-state index contributed by atoms with van der Waals surface area (Å²) < 4.78 is 36.8. The Morgan fingerprint density at radius 3 is 1.98 bits per heavy atom. The van der Waals surface area contributed by atoms with E-state index in [9.17, 15) is 4.79 Å². The Morgan fingerprint density at radius 2 is 1.32 bits per heavy atom. The largest absolute Gasteiger partial charge is 0.491 e. The average Bonchev–Trinajstić information content (AvgIpc) is 2.99. The highest BCUT2D eigenvalue weighted by Crippen LogP contribution is 2.37. The normalized spacial score (nSPS) is 11.0. The molecule has 4 nitrogen and oxygen atoms in total. The van der Waals surface area contributed by atoms with E-state index in [1.54, 1.807) is 12.1 Å². The number of benzene rings is 3. The van der Waals surface area contributed by atoms with Crippen molar-refractivity contribution in [1.82, 2.24) is 0 Å². The summed E-state index contributed by atoms with van der Waals surface area (Å²) >= 11 is 0. The smallest absolute Gasteiger partial charge is 0.376 e. The molecule has 0 amide bonds. The molecule has 0 unspecified atom stereocenters. The highest BCUT2D eigenvalue weighted by molar-refractivity contribution is 5.95. The van der Waals surface area contributed by atoms with Crippen LogP contribution in [0.15, 0.2) is 60.7 Å². The molecule has 3 aromatic carbocycles. The van der Waals surface area contributed by atoms with E-state index in [1.807, 2.05) is 30.3 Å². The Morgan fingerprint density at radius 1 is 0.683 bits per heavy atom. The van der Waals surface area contributed by atoms with Crippen LogP contribution in [-0.4, -0.2) is 19.2 Å². The van der Waals surface area contributed by atoms with Crippen molar-refractivity contribution in [3.8, 4) is 28.0 Å². The van der Waals surface area contributed by atoms with Crippen LogP contribution in [0.1, 0.15) is 101 Å². The molecule has 41 heavy (non-hydrogen) atoms. The van der Waals surface area contributed by atoms with Crippen LogP contribution in [0, 0.1) is 11.6 Å². The van der Waals surface area contributed by atoms with Crippen LogP contribution >= 0.6 is 0 Å². The first-order chi connectivity index (χ1) is 20.1. The number of hydrogen-bond donors (Lipinski definition) is 0. The second kappa shape index (κ2) is 18.2. The third-order valence-electron chi connectivity index (χ3n) is 7.14. The molecule has 0 N–H and O–H groups in total. The zero-order valence-electron chi connectivity index (χ0n) is 24.6. The van der Waals surface area contributed by atoms with Gasteiger partial charge in [-0.2, -0.15) is 4.89 Å². The third-order valence-corrected chi connectivity index (χ3v) is 7.14.